The summed E-state index contributed by atoms with van der Waals surface area (Å²) in [6.07, 6.45) is 3.01. The highest BCUT2D eigenvalue weighted by atomic mass is 32.1. The highest BCUT2D eigenvalue weighted by Crippen LogP contribution is 2.25. The molecule has 2 aromatic heterocycles. The van der Waals surface area contributed by atoms with E-state index in [-0.39, 0.29) is 23.9 Å². The molecule has 1 unspecified atom stereocenters. The monoisotopic (exact) mass is 469 g/mol. The van der Waals surface area contributed by atoms with Crippen molar-refractivity contribution in [2.75, 3.05) is 7.11 Å². The predicted molar refractivity (Wildman–Crippen MR) is 128 cm³/mol. The third-order valence-corrected chi connectivity index (χ3v) is 6.30. The average molecular weight is 470 g/mol. The molecule has 0 saturated carbocycles. The first kappa shape index (κ1) is 24.2. The van der Waals surface area contributed by atoms with E-state index in [1.165, 1.54) is 17.4 Å². The molecule has 1 aromatic carbocycles. The van der Waals surface area contributed by atoms with Gasteiger partial charge in [0.25, 0.3) is 5.56 Å². The van der Waals surface area contributed by atoms with Crippen molar-refractivity contribution in [2.24, 2.45) is 5.92 Å². The van der Waals surface area contributed by atoms with E-state index in [0.29, 0.717) is 10.2 Å². The van der Waals surface area contributed by atoms with Crippen molar-refractivity contribution in [2.45, 2.75) is 40.3 Å². The summed E-state index contributed by atoms with van der Waals surface area (Å²) < 4.78 is 10.5. The topological polar surface area (TPSA) is 110 Å². The number of carbonyl (C=O) groups excluding carboxylic acids is 2. The Morgan fingerprint density at radius 1 is 1.21 bits per heavy atom. The van der Waals surface area contributed by atoms with Crippen LogP contribution in [0.1, 0.15) is 35.7 Å². The largest absolute Gasteiger partial charge is 0.497 e. The molecule has 3 aromatic rings. The molecule has 2 heterocycles. The number of nitrogens with one attached hydrogen (secondary N) is 2. The second kappa shape index (κ2) is 10.4. The van der Waals surface area contributed by atoms with E-state index in [1.807, 2.05) is 39.8 Å². The summed E-state index contributed by atoms with van der Waals surface area (Å²) in [5, 5.41) is 3.24. The van der Waals surface area contributed by atoms with Crippen molar-refractivity contribution in [3.63, 3.8) is 0 Å². The Balaban J connectivity index is 1.63. The number of amides is 1. The van der Waals surface area contributed by atoms with Crippen molar-refractivity contribution >= 4 is 39.5 Å². The van der Waals surface area contributed by atoms with E-state index in [1.54, 1.807) is 25.3 Å². The molecule has 0 fully saturated rings. The number of hydrogen-bond acceptors (Lipinski definition) is 7. The van der Waals surface area contributed by atoms with Gasteiger partial charge >= 0.3 is 5.97 Å². The maximum atomic E-state index is 12.7. The van der Waals surface area contributed by atoms with Crippen LogP contribution in [0.3, 0.4) is 0 Å². The number of ether oxygens (including phenoxy) is 2. The molecule has 8 nitrogen and oxygen atoms in total. The normalized spacial score (nSPS) is 12.3. The van der Waals surface area contributed by atoms with Gasteiger partial charge in [0.1, 0.15) is 29.1 Å². The molecule has 0 saturated heterocycles. The Morgan fingerprint density at radius 3 is 2.55 bits per heavy atom. The van der Waals surface area contributed by atoms with Gasteiger partial charge < -0.3 is 19.8 Å². The molecule has 0 radical (unpaired) electrons. The number of rotatable bonds is 8. The van der Waals surface area contributed by atoms with Crippen LogP contribution in [0, 0.1) is 19.8 Å². The highest BCUT2D eigenvalue weighted by molar-refractivity contribution is 7.18. The van der Waals surface area contributed by atoms with Crippen LogP contribution in [-0.4, -0.2) is 35.0 Å². The third kappa shape index (κ3) is 5.87. The van der Waals surface area contributed by atoms with Gasteiger partial charge in [-0.1, -0.05) is 26.0 Å². The van der Waals surface area contributed by atoms with E-state index in [2.05, 4.69) is 15.3 Å². The number of carbonyl (C=O) groups is 2. The van der Waals surface area contributed by atoms with Gasteiger partial charge in [0.05, 0.1) is 12.5 Å². The molecule has 0 aliphatic carbocycles. The van der Waals surface area contributed by atoms with Crippen LogP contribution in [0.2, 0.25) is 0 Å². The van der Waals surface area contributed by atoms with Crippen LogP contribution in [0.25, 0.3) is 16.3 Å². The van der Waals surface area contributed by atoms with Crippen molar-refractivity contribution in [1.82, 2.24) is 15.3 Å². The van der Waals surface area contributed by atoms with Gasteiger partial charge in [-0.15, -0.1) is 11.3 Å². The van der Waals surface area contributed by atoms with Crippen LogP contribution in [0.5, 0.6) is 5.75 Å². The van der Waals surface area contributed by atoms with Gasteiger partial charge in [-0.2, -0.15) is 0 Å². The van der Waals surface area contributed by atoms with Gasteiger partial charge in [0.15, 0.2) is 0 Å². The number of nitrogens with zero attached hydrogens (tertiary/aromatic N) is 1. The highest BCUT2D eigenvalue weighted by Gasteiger charge is 2.25. The Bertz CT molecular complexity index is 1240. The summed E-state index contributed by atoms with van der Waals surface area (Å²) in [5.41, 5.74) is 1.46. The number of aromatic nitrogens is 2. The van der Waals surface area contributed by atoms with Crippen LogP contribution >= 0.6 is 11.3 Å². The Labute approximate surface area is 195 Å². The maximum absolute atomic E-state index is 12.7. The summed E-state index contributed by atoms with van der Waals surface area (Å²) >= 11 is 1.42. The number of thiophene rings is 1. The minimum absolute atomic E-state index is 0.194. The Morgan fingerprint density at radius 2 is 1.91 bits per heavy atom. The summed E-state index contributed by atoms with van der Waals surface area (Å²) in [4.78, 5) is 46.1. The minimum Gasteiger partial charge on any atom is -0.497 e. The maximum Gasteiger partial charge on any atom is 0.329 e. The van der Waals surface area contributed by atoms with Crippen molar-refractivity contribution < 1.29 is 19.1 Å². The molecule has 2 N–H and O–H groups in total. The van der Waals surface area contributed by atoms with E-state index in [0.717, 1.165) is 21.8 Å². The van der Waals surface area contributed by atoms with Crippen LogP contribution < -0.4 is 15.6 Å². The first-order valence-electron chi connectivity index (χ1n) is 10.5. The first-order valence-corrected chi connectivity index (χ1v) is 11.3. The zero-order valence-electron chi connectivity index (χ0n) is 19.2. The van der Waals surface area contributed by atoms with Crippen LogP contribution in [0.4, 0.5) is 0 Å². The fraction of sp³-hybridized carbons (Fsp3) is 0.333. The molecular weight excluding hydrogens is 442 g/mol. The molecule has 33 heavy (non-hydrogen) atoms. The number of esters is 1. The lowest BCUT2D eigenvalue weighted by Crippen LogP contribution is -2.44. The Hall–Kier alpha value is -3.46. The average Bonchev–Trinajstić information content (AvgIpc) is 3.08. The summed E-state index contributed by atoms with van der Waals surface area (Å²) in [6, 6.07) is 6.37. The first-order chi connectivity index (χ1) is 15.7. The third-order valence-electron chi connectivity index (χ3n) is 5.20. The van der Waals surface area contributed by atoms with Crippen molar-refractivity contribution in [1.29, 1.82) is 0 Å². The second-order valence-corrected chi connectivity index (χ2v) is 9.12. The molecule has 1 atom stereocenters. The summed E-state index contributed by atoms with van der Waals surface area (Å²) in [7, 11) is 1.58. The van der Waals surface area contributed by atoms with Gasteiger partial charge in [0.2, 0.25) is 5.91 Å². The molecule has 1 amide bonds. The van der Waals surface area contributed by atoms with Crippen LogP contribution in [0.15, 0.2) is 35.1 Å². The van der Waals surface area contributed by atoms with Gasteiger partial charge in [-0.25, -0.2) is 9.78 Å². The van der Waals surface area contributed by atoms with E-state index in [9.17, 15) is 14.4 Å². The van der Waals surface area contributed by atoms with E-state index < -0.39 is 17.9 Å². The molecule has 3 rings (SSSR count). The fourth-order valence-electron chi connectivity index (χ4n) is 3.18. The number of aromatic amines is 1. The zero-order chi connectivity index (χ0) is 24.1. The molecular formula is C24H27N3O5S. The number of H-pyrrole nitrogens is 1. The van der Waals surface area contributed by atoms with Crippen molar-refractivity contribution in [3.05, 3.63) is 62.5 Å². The molecule has 0 aliphatic heterocycles. The number of methoxy groups -OCH3 is 1. The summed E-state index contributed by atoms with van der Waals surface area (Å²) in [5.74, 6) is -0.238. The van der Waals surface area contributed by atoms with Crippen molar-refractivity contribution in [3.8, 4) is 5.75 Å². The van der Waals surface area contributed by atoms with Gasteiger partial charge in [-0.3, -0.25) is 9.59 Å². The molecule has 0 spiro atoms. The molecule has 9 heteroatoms. The molecule has 0 aliphatic rings. The minimum atomic E-state index is -0.848. The van der Waals surface area contributed by atoms with E-state index >= 15 is 0 Å². The smallest absolute Gasteiger partial charge is 0.329 e. The zero-order valence-corrected chi connectivity index (χ0v) is 20.0. The second-order valence-electron chi connectivity index (χ2n) is 7.92. The lowest BCUT2D eigenvalue weighted by molar-refractivity contribution is -0.150. The number of benzene rings is 1. The lowest BCUT2D eigenvalue weighted by Gasteiger charge is -2.20. The van der Waals surface area contributed by atoms with Crippen LogP contribution in [-0.2, 0) is 20.9 Å². The molecule has 0 bridgehead atoms. The van der Waals surface area contributed by atoms with E-state index in [4.69, 9.17) is 9.47 Å². The Kier molecular flexibility index (Phi) is 7.65. The lowest BCUT2D eigenvalue weighted by atomic mass is 10.0. The van der Waals surface area contributed by atoms with Gasteiger partial charge in [0, 0.05) is 11.0 Å². The number of aryl methyl sites for hydroxylation is 2. The fourth-order valence-corrected chi connectivity index (χ4v) is 4.23. The predicted octanol–water partition coefficient (Wildman–Crippen LogP) is 3.51. The standard InChI is InChI=1S/C24H27N3O5S/c1-13(2)21(27-19(28)11-8-16-6-9-17(31-5)10-7-16)24(30)32-12-18-25-22(29)20-14(3)15(4)33-23(20)26-18/h6-11,13,21H,12H2,1-5H3,(H,27,28)(H,25,26,29)/b11-8+. The SMILES string of the molecule is COc1ccc(/C=C/C(=O)NC(C(=O)OCc2nc3sc(C)c(C)c3c(=O)[nH]2)C(C)C)cc1. The number of hydrogen-bond donors (Lipinski definition) is 2. The summed E-state index contributed by atoms with van der Waals surface area (Å²) in [6.45, 7) is 7.23. The quantitative estimate of drug-likeness (QED) is 0.386. The van der Waals surface area contributed by atoms with Gasteiger partial charge in [-0.05, 0) is 49.1 Å². The molecule has 174 valence electrons. The number of fused-ring (bicyclic) bond motifs is 1.